The van der Waals surface area contributed by atoms with Crippen LogP contribution in [0.1, 0.15) is 0 Å². The Hall–Kier alpha value is 3.07. The average molecular weight is 355 g/mol. The van der Waals surface area contributed by atoms with Crippen molar-refractivity contribution in [1.29, 1.82) is 0 Å². The Kier molecular flexibility index (Phi) is 65.1. The molecule has 0 aromatic carbocycles. The molecule has 0 aliphatic carbocycles. The SMILES string of the molecule is [O]=[Zr].[Tb].[Y]. The molecule has 0 aliphatic rings. The van der Waals surface area contributed by atoms with E-state index in [-0.39, 0.29) is 71.3 Å². The third-order valence-electron chi connectivity index (χ3n) is 0. The van der Waals surface area contributed by atoms with E-state index >= 15 is 0 Å². The van der Waals surface area contributed by atoms with Crippen LogP contribution in [0.5, 0.6) is 0 Å². The molecule has 22 valence electrons. The van der Waals surface area contributed by atoms with Gasteiger partial charge in [0.25, 0.3) is 0 Å². The quantitative estimate of drug-likeness (QED) is 0.592. The van der Waals surface area contributed by atoms with Crippen LogP contribution in [0.4, 0.5) is 0 Å². The molecule has 0 rings (SSSR count). The second-order valence-electron chi connectivity index (χ2n) is 0. The zero-order chi connectivity index (χ0) is 2.00. The van der Waals surface area contributed by atoms with Crippen LogP contribution in [-0.2, 0) is 60.2 Å². The minimum absolute atomic E-state index is 0. The van der Waals surface area contributed by atoms with Crippen molar-refractivity contribution < 1.29 is 98.9 Å². The van der Waals surface area contributed by atoms with Crippen LogP contribution in [0.2, 0.25) is 0 Å². The van der Waals surface area contributed by atoms with Crippen LogP contribution in [0.25, 0.3) is 0 Å². The maximum atomic E-state index is 8.34. The van der Waals surface area contributed by atoms with Gasteiger partial charge in [0, 0.05) is 71.3 Å². The van der Waals surface area contributed by atoms with E-state index < -0.39 is 0 Å². The molecule has 0 aromatic heterocycles. The molecule has 2 radical (unpaired) electrons. The first kappa shape index (κ1) is 15.7. The van der Waals surface area contributed by atoms with Crippen LogP contribution in [-0.4, -0.2) is 0 Å². The Morgan fingerprint density at radius 3 is 1.25 bits per heavy atom. The standard InChI is InChI=1S/O.Tb.Y.Zr. The van der Waals surface area contributed by atoms with Gasteiger partial charge in [0.05, 0.1) is 0 Å². The van der Waals surface area contributed by atoms with Gasteiger partial charge in [-0.25, -0.2) is 0 Å². The molecule has 0 saturated heterocycles. The Bertz CT molecular complexity index is 8.00. The van der Waals surface area contributed by atoms with Crippen molar-refractivity contribution >= 4 is 0 Å². The summed E-state index contributed by atoms with van der Waals surface area (Å²) in [6.45, 7) is 0. The van der Waals surface area contributed by atoms with Gasteiger partial charge in [-0.3, -0.25) is 0 Å². The van der Waals surface area contributed by atoms with Gasteiger partial charge in [-0.1, -0.05) is 0 Å². The maximum absolute atomic E-state index is 8.34. The molecule has 0 atom stereocenters. The van der Waals surface area contributed by atoms with E-state index in [4.69, 9.17) is 2.81 Å². The smallest absolute Gasteiger partial charge is 0 e. The van der Waals surface area contributed by atoms with Gasteiger partial charge in [0.2, 0.25) is 0 Å². The van der Waals surface area contributed by atoms with E-state index in [2.05, 4.69) is 0 Å². The summed E-state index contributed by atoms with van der Waals surface area (Å²) in [6, 6.07) is 0. The zero-order valence-corrected chi connectivity index (χ0v) is 9.25. The van der Waals surface area contributed by atoms with Gasteiger partial charge < -0.3 is 0 Å². The predicted octanol–water partition coefficient (Wildman–Crippen LogP) is -0.124. The van der Waals surface area contributed by atoms with Crippen molar-refractivity contribution in [2.75, 3.05) is 0 Å². The van der Waals surface area contributed by atoms with Crippen molar-refractivity contribution in [1.82, 2.24) is 0 Å². The Labute approximate surface area is 96.3 Å². The maximum Gasteiger partial charge on any atom is 0 e. The molecule has 0 unspecified atom stereocenters. The van der Waals surface area contributed by atoms with Gasteiger partial charge in [0.15, 0.2) is 0 Å². The predicted molar refractivity (Wildman–Crippen MR) is 0.686 cm³/mol. The molecular formula is OTbYZr. The minimum atomic E-state index is 0. The average Bonchev–Trinajstić information content (AvgIpc) is 1.00. The first-order valence-electron chi connectivity index (χ1n) is 0.204. The van der Waals surface area contributed by atoms with Crippen LogP contribution >= 0.6 is 0 Å². The molecule has 0 aromatic rings. The van der Waals surface area contributed by atoms with E-state index in [0.29, 0.717) is 24.7 Å². The molecule has 0 bridgehead atoms. The first-order valence-corrected chi connectivity index (χ1v) is 1.21. The van der Waals surface area contributed by atoms with Crippen LogP contribution in [0.3, 0.4) is 0 Å². The number of hydrogen-bond acceptors (Lipinski definition) is 1. The van der Waals surface area contributed by atoms with E-state index in [0.717, 1.165) is 0 Å². The summed E-state index contributed by atoms with van der Waals surface area (Å²) in [5.74, 6) is 0. The Morgan fingerprint density at radius 2 is 1.25 bits per heavy atom. The van der Waals surface area contributed by atoms with Gasteiger partial charge in [-0.2, -0.15) is 0 Å². The summed E-state index contributed by atoms with van der Waals surface area (Å²) in [6.07, 6.45) is 0. The molecule has 0 spiro atoms. The molecule has 0 amide bonds. The Balaban J connectivity index is -0.00000000500. The van der Waals surface area contributed by atoms with Crippen LogP contribution < -0.4 is 0 Å². The van der Waals surface area contributed by atoms with Crippen molar-refractivity contribution in [3.8, 4) is 0 Å². The normalized spacial score (nSPS) is 0.750. The van der Waals surface area contributed by atoms with E-state index in [1.54, 1.807) is 0 Å². The summed E-state index contributed by atoms with van der Waals surface area (Å²) in [5.41, 5.74) is 0. The monoisotopic (exact) mass is 354 g/mol. The van der Waals surface area contributed by atoms with Gasteiger partial charge in [-0.15, -0.1) is 0 Å². The van der Waals surface area contributed by atoms with E-state index in [1.165, 1.54) is 0 Å². The number of hydrogen-bond donors (Lipinski definition) is 0. The van der Waals surface area contributed by atoms with E-state index in [9.17, 15) is 0 Å². The third kappa shape index (κ3) is 8.91. The summed E-state index contributed by atoms with van der Waals surface area (Å²) in [5, 5.41) is 0. The largest absolute Gasteiger partial charge is 0 e. The van der Waals surface area contributed by atoms with Crippen molar-refractivity contribution in [2.45, 2.75) is 0 Å². The molecule has 0 fully saturated rings. The Morgan fingerprint density at radius 1 is 1.25 bits per heavy atom. The summed E-state index contributed by atoms with van der Waals surface area (Å²) in [4.78, 5) is 0. The summed E-state index contributed by atoms with van der Waals surface area (Å²) in [7, 11) is 0. The summed E-state index contributed by atoms with van der Waals surface area (Å²) < 4.78 is 8.34. The van der Waals surface area contributed by atoms with Crippen LogP contribution in [0, 0.1) is 38.6 Å². The molecule has 0 N–H and O–H groups in total. The fraction of sp³-hybridized carbons (Fsp3) is 0. The zero-order valence-electron chi connectivity index (χ0n) is 1.82. The van der Waals surface area contributed by atoms with Gasteiger partial charge >= 0.3 is 27.5 Å². The van der Waals surface area contributed by atoms with Crippen molar-refractivity contribution in [2.24, 2.45) is 0 Å². The van der Waals surface area contributed by atoms with Gasteiger partial charge in [-0.05, 0) is 0 Å². The fourth-order valence-corrected chi connectivity index (χ4v) is 0. The minimum Gasteiger partial charge on any atom is 0 e. The fourth-order valence-electron chi connectivity index (χ4n) is 0. The van der Waals surface area contributed by atoms with E-state index in [1.807, 2.05) is 0 Å². The molecular weight excluding hydrogens is 355 g/mol. The topological polar surface area (TPSA) is 17.1 Å². The second kappa shape index (κ2) is 16.6. The molecule has 0 heterocycles. The molecule has 4 heteroatoms. The summed E-state index contributed by atoms with van der Waals surface area (Å²) >= 11 is 0.300. The van der Waals surface area contributed by atoms with Crippen molar-refractivity contribution in [3.05, 3.63) is 0 Å². The second-order valence-corrected chi connectivity index (χ2v) is 0. The number of rotatable bonds is 0. The third-order valence-corrected chi connectivity index (χ3v) is 0. The molecule has 1 nitrogen and oxygen atoms in total. The molecule has 0 saturated carbocycles. The molecule has 4 heavy (non-hydrogen) atoms. The van der Waals surface area contributed by atoms with Crippen molar-refractivity contribution in [3.63, 3.8) is 0 Å². The molecule has 0 aliphatic heterocycles. The first-order chi connectivity index (χ1) is 1.00. The van der Waals surface area contributed by atoms with Crippen LogP contribution in [0.15, 0.2) is 0 Å². The van der Waals surface area contributed by atoms with Gasteiger partial charge in [0.1, 0.15) is 0 Å².